The molecule has 1 unspecified atom stereocenters. The Morgan fingerprint density at radius 1 is 1.05 bits per heavy atom. The fraction of sp³-hybridized carbons (Fsp3) is 0.235. The summed E-state index contributed by atoms with van der Waals surface area (Å²) in [6.45, 7) is 1.34. The number of nitriles is 1. The minimum Gasteiger partial charge on any atom is -0.387 e. The van der Waals surface area contributed by atoms with Gasteiger partial charge in [-0.2, -0.15) is 5.26 Å². The zero-order valence-electron chi connectivity index (χ0n) is 11.3. The van der Waals surface area contributed by atoms with Crippen LogP contribution in [0, 0.1) is 11.3 Å². The highest BCUT2D eigenvalue weighted by Crippen LogP contribution is 2.12. The van der Waals surface area contributed by atoms with E-state index < -0.39 is 6.10 Å². The highest BCUT2D eigenvalue weighted by atomic mass is 16.3. The second kappa shape index (κ2) is 7.44. The summed E-state index contributed by atoms with van der Waals surface area (Å²) in [6.07, 6.45) is 0.402. The first-order chi connectivity index (χ1) is 9.79. The van der Waals surface area contributed by atoms with Gasteiger partial charge in [0.15, 0.2) is 0 Å². The van der Waals surface area contributed by atoms with Crippen molar-refractivity contribution in [2.24, 2.45) is 0 Å². The van der Waals surface area contributed by atoms with Crippen LogP contribution in [0.4, 0.5) is 0 Å². The van der Waals surface area contributed by atoms with Crippen LogP contribution in [0.2, 0.25) is 0 Å². The molecule has 0 aliphatic rings. The van der Waals surface area contributed by atoms with Crippen molar-refractivity contribution in [3.63, 3.8) is 0 Å². The van der Waals surface area contributed by atoms with Crippen LogP contribution in [0.1, 0.15) is 22.8 Å². The van der Waals surface area contributed by atoms with Crippen LogP contribution in [0.15, 0.2) is 54.6 Å². The molecule has 0 heterocycles. The number of hydrogen-bond acceptors (Lipinski definition) is 3. The number of rotatable bonds is 6. The quantitative estimate of drug-likeness (QED) is 0.789. The minimum absolute atomic E-state index is 0.513. The minimum atomic E-state index is -0.543. The van der Waals surface area contributed by atoms with Crippen LogP contribution in [0.5, 0.6) is 0 Å². The topological polar surface area (TPSA) is 56.0 Å². The van der Waals surface area contributed by atoms with Gasteiger partial charge in [0.2, 0.25) is 0 Å². The van der Waals surface area contributed by atoms with Gasteiger partial charge >= 0.3 is 0 Å². The molecule has 0 aliphatic heterocycles. The van der Waals surface area contributed by atoms with Crippen molar-refractivity contribution >= 4 is 0 Å². The monoisotopic (exact) mass is 266 g/mol. The predicted octanol–water partition coefficient (Wildman–Crippen LogP) is 2.42. The van der Waals surface area contributed by atoms with E-state index in [4.69, 9.17) is 5.26 Å². The molecule has 2 aromatic carbocycles. The molecule has 0 saturated heterocycles. The fourth-order valence-corrected chi connectivity index (χ4v) is 2.01. The van der Waals surface area contributed by atoms with Gasteiger partial charge in [0.1, 0.15) is 0 Å². The van der Waals surface area contributed by atoms with Gasteiger partial charge in [-0.3, -0.25) is 0 Å². The second-order valence-electron chi connectivity index (χ2n) is 4.69. The Morgan fingerprint density at radius 2 is 1.75 bits per heavy atom. The number of nitrogens with one attached hydrogen (secondary N) is 1. The molecule has 20 heavy (non-hydrogen) atoms. The van der Waals surface area contributed by atoms with Crippen molar-refractivity contribution in [2.75, 3.05) is 13.1 Å². The van der Waals surface area contributed by atoms with Crippen LogP contribution in [0.25, 0.3) is 0 Å². The Kier molecular flexibility index (Phi) is 5.31. The largest absolute Gasteiger partial charge is 0.387 e. The molecule has 0 spiro atoms. The van der Waals surface area contributed by atoms with Gasteiger partial charge in [-0.1, -0.05) is 42.5 Å². The number of hydrogen-bond donors (Lipinski definition) is 2. The first-order valence-corrected chi connectivity index (χ1v) is 6.72. The molecular weight excluding hydrogens is 248 g/mol. The fourth-order valence-electron chi connectivity index (χ4n) is 2.01. The summed E-state index contributed by atoms with van der Waals surface area (Å²) in [4.78, 5) is 0. The van der Waals surface area contributed by atoms with Gasteiger partial charge in [0.25, 0.3) is 0 Å². The van der Waals surface area contributed by atoms with E-state index in [0.29, 0.717) is 12.1 Å². The molecule has 3 heteroatoms. The average Bonchev–Trinajstić information content (AvgIpc) is 2.52. The maximum atomic E-state index is 10.0. The highest BCUT2D eigenvalue weighted by Gasteiger charge is 2.06. The first-order valence-electron chi connectivity index (χ1n) is 6.72. The Labute approximate surface area is 119 Å². The molecule has 2 rings (SSSR count). The molecule has 0 amide bonds. The Morgan fingerprint density at radius 3 is 2.40 bits per heavy atom. The van der Waals surface area contributed by atoms with Crippen molar-refractivity contribution < 1.29 is 5.11 Å². The first kappa shape index (κ1) is 14.3. The smallest absolute Gasteiger partial charge is 0.0991 e. The van der Waals surface area contributed by atoms with Crippen LogP contribution in [0.3, 0.4) is 0 Å². The van der Waals surface area contributed by atoms with E-state index in [1.165, 1.54) is 5.56 Å². The Balaban J connectivity index is 1.74. The van der Waals surface area contributed by atoms with Crippen molar-refractivity contribution in [1.82, 2.24) is 5.32 Å². The van der Waals surface area contributed by atoms with Crippen LogP contribution in [-0.4, -0.2) is 18.2 Å². The van der Waals surface area contributed by atoms with Gasteiger partial charge in [-0.15, -0.1) is 0 Å². The van der Waals surface area contributed by atoms with Gasteiger partial charge in [-0.25, -0.2) is 0 Å². The van der Waals surface area contributed by atoms with Gasteiger partial charge in [-0.05, 0) is 36.2 Å². The van der Waals surface area contributed by atoms with Gasteiger partial charge < -0.3 is 10.4 Å². The zero-order chi connectivity index (χ0) is 14.2. The molecule has 0 radical (unpaired) electrons. The summed E-state index contributed by atoms with van der Waals surface area (Å²) in [5.41, 5.74) is 2.72. The summed E-state index contributed by atoms with van der Waals surface area (Å²) in [5.74, 6) is 0. The lowest BCUT2D eigenvalue weighted by Crippen LogP contribution is -2.23. The molecular formula is C17H18N2O. The number of aliphatic hydroxyl groups excluding tert-OH is 1. The molecule has 0 bridgehead atoms. The number of nitrogens with zero attached hydrogens (tertiary/aromatic N) is 1. The second-order valence-corrected chi connectivity index (χ2v) is 4.69. The third kappa shape index (κ3) is 4.20. The normalized spacial score (nSPS) is 11.8. The molecule has 0 saturated carbocycles. The number of aliphatic hydroxyl groups is 1. The zero-order valence-corrected chi connectivity index (χ0v) is 11.3. The predicted molar refractivity (Wildman–Crippen MR) is 79.1 cm³/mol. The SMILES string of the molecule is N#Cc1ccc(C(O)CNCCc2ccccc2)cc1. The van der Waals surface area contributed by atoms with Crippen LogP contribution in [-0.2, 0) is 6.42 Å². The highest BCUT2D eigenvalue weighted by molar-refractivity contribution is 5.32. The summed E-state index contributed by atoms with van der Waals surface area (Å²) in [7, 11) is 0. The summed E-state index contributed by atoms with van der Waals surface area (Å²) < 4.78 is 0. The van der Waals surface area contributed by atoms with Crippen LogP contribution < -0.4 is 5.32 Å². The lowest BCUT2D eigenvalue weighted by Gasteiger charge is -2.12. The summed E-state index contributed by atoms with van der Waals surface area (Å²) in [6, 6.07) is 19.4. The maximum absolute atomic E-state index is 10.0. The molecule has 102 valence electrons. The summed E-state index contributed by atoms with van der Waals surface area (Å²) in [5, 5.41) is 22.0. The van der Waals surface area contributed by atoms with E-state index >= 15 is 0 Å². The average molecular weight is 266 g/mol. The van der Waals surface area contributed by atoms with Crippen LogP contribution >= 0.6 is 0 Å². The standard InChI is InChI=1S/C17H18N2O/c18-12-15-6-8-16(9-7-15)17(20)13-19-11-10-14-4-2-1-3-5-14/h1-9,17,19-20H,10-11,13H2. The van der Waals surface area contributed by atoms with E-state index in [2.05, 4.69) is 23.5 Å². The molecule has 0 aromatic heterocycles. The number of benzene rings is 2. The van der Waals surface area contributed by atoms with Gasteiger partial charge in [0, 0.05) is 6.54 Å². The van der Waals surface area contributed by atoms with Crippen molar-refractivity contribution in [2.45, 2.75) is 12.5 Å². The van der Waals surface area contributed by atoms with Gasteiger partial charge in [0.05, 0.1) is 17.7 Å². The Bertz CT molecular complexity index is 558. The third-order valence-corrected chi connectivity index (χ3v) is 3.20. The molecule has 2 N–H and O–H groups in total. The van der Waals surface area contributed by atoms with E-state index in [1.807, 2.05) is 18.2 Å². The summed E-state index contributed by atoms with van der Waals surface area (Å²) >= 11 is 0. The molecule has 0 aliphatic carbocycles. The van der Waals surface area contributed by atoms with Crippen molar-refractivity contribution in [1.29, 1.82) is 5.26 Å². The van der Waals surface area contributed by atoms with Crippen molar-refractivity contribution in [3.8, 4) is 6.07 Å². The molecule has 1 atom stereocenters. The van der Waals surface area contributed by atoms with E-state index in [9.17, 15) is 5.11 Å². The maximum Gasteiger partial charge on any atom is 0.0991 e. The lowest BCUT2D eigenvalue weighted by atomic mass is 10.1. The van der Waals surface area contributed by atoms with E-state index in [1.54, 1.807) is 24.3 Å². The molecule has 0 fully saturated rings. The molecule has 2 aromatic rings. The Hall–Kier alpha value is -2.15. The lowest BCUT2D eigenvalue weighted by molar-refractivity contribution is 0.175. The van der Waals surface area contributed by atoms with E-state index in [0.717, 1.165) is 18.5 Å². The van der Waals surface area contributed by atoms with Crippen molar-refractivity contribution in [3.05, 3.63) is 71.3 Å². The molecule has 3 nitrogen and oxygen atoms in total. The third-order valence-electron chi connectivity index (χ3n) is 3.20. The van der Waals surface area contributed by atoms with E-state index in [-0.39, 0.29) is 0 Å².